The fourth-order valence-electron chi connectivity index (χ4n) is 2.13. The lowest BCUT2D eigenvalue weighted by Crippen LogP contribution is -2.25. The number of hydrogen-bond donors (Lipinski definition) is 1. The second kappa shape index (κ2) is 7.10. The first kappa shape index (κ1) is 13.8. The highest BCUT2D eigenvalue weighted by molar-refractivity contribution is 5.21. The number of aryl methyl sites for hydroxylation is 2. The fraction of sp³-hybridized carbons (Fsp3) is 0.333. The van der Waals surface area contributed by atoms with Crippen LogP contribution in [0.15, 0.2) is 54.6 Å². The molecule has 2 aromatic carbocycles. The van der Waals surface area contributed by atoms with E-state index in [1.54, 1.807) is 0 Å². The molecule has 0 aliphatic heterocycles. The minimum atomic E-state index is 0.543. The van der Waals surface area contributed by atoms with Crippen molar-refractivity contribution in [1.82, 2.24) is 5.32 Å². The molecule has 100 valence electrons. The van der Waals surface area contributed by atoms with Crippen molar-refractivity contribution in [2.24, 2.45) is 0 Å². The van der Waals surface area contributed by atoms with E-state index in [2.05, 4.69) is 73.8 Å². The molecule has 1 nitrogen and oxygen atoms in total. The Labute approximate surface area is 116 Å². The van der Waals surface area contributed by atoms with Gasteiger partial charge < -0.3 is 5.32 Å². The van der Waals surface area contributed by atoms with Gasteiger partial charge in [0, 0.05) is 12.6 Å². The minimum absolute atomic E-state index is 0.543. The van der Waals surface area contributed by atoms with Gasteiger partial charge in [0.1, 0.15) is 0 Å². The van der Waals surface area contributed by atoms with E-state index in [-0.39, 0.29) is 0 Å². The van der Waals surface area contributed by atoms with Crippen LogP contribution in [0.4, 0.5) is 0 Å². The van der Waals surface area contributed by atoms with E-state index in [1.807, 2.05) is 0 Å². The second-order valence-electron chi connectivity index (χ2n) is 5.29. The van der Waals surface area contributed by atoms with Gasteiger partial charge in [0.05, 0.1) is 0 Å². The summed E-state index contributed by atoms with van der Waals surface area (Å²) >= 11 is 0. The normalized spacial score (nSPS) is 12.3. The summed E-state index contributed by atoms with van der Waals surface area (Å²) in [6.07, 6.45) is 2.32. The van der Waals surface area contributed by atoms with E-state index in [0.29, 0.717) is 6.04 Å². The highest BCUT2D eigenvalue weighted by Crippen LogP contribution is 2.06. The molecule has 0 amide bonds. The van der Waals surface area contributed by atoms with Gasteiger partial charge in [0.2, 0.25) is 0 Å². The van der Waals surface area contributed by atoms with Gasteiger partial charge in [-0.3, -0.25) is 0 Å². The van der Waals surface area contributed by atoms with E-state index < -0.39 is 0 Å². The third-order valence-electron chi connectivity index (χ3n) is 3.48. The zero-order valence-electron chi connectivity index (χ0n) is 11.9. The molecular formula is C18H23N. The first-order chi connectivity index (χ1) is 9.24. The fourth-order valence-corrected chi connectivity index (χ4v) is 2.13. The summed E-state index contributed by atoms with van der Waals surface area (Å²) in [5.41, 5.74) is 4.10. The Morgan fingerprint density at radius 2 is 1.58 bits per heavy atom. The van der Waals surface area contributed by atoms with Gasteiger partial charge in [-0.2, -0.15) is 0 Å². The molecule has 19 heavy (non-hydrogen) atoms. The molecule has 0 spiro atoms. The Balaban J connectivity index is 1.72. The quantitative estimate of drug-likeness (QED) is 0.817. The molecule has 0 saturated carbocycles. The predicted octanol–water partition coefficient (Wildman–Crippen LogP) is 4.11. The molecule has 0 aliphatic rings. The first-order valence-corrected chi connectivity index (χ1v) is 7.07. The maximum Gasteiger partial charge on any atom is 0.0207 e. The van der Waals surface area contributed by atoms with Crippen LogP contribution in [0.2, 0.25) is 0 Å². The molecular weight excluding hydrogens is 230 g/mol. The van der Waals surface area contributed by atoms with E-state index in [0.717, 1.165) is 13.0 Å². The third-order valence-corrected chi connectivity index (χ3v) is 3.48. The number of hydrogen-bond acceptors (Lipinski definition) is 1. The molecule has 0 unspecified atom stereocenters. The van der Waals surface area contributed by atoms with Gasteiger partial charge in [-0.1, -0.05) is 60.2 Å². The van der Waals surface area contributed by atoms with Gasteiger partial charge in [-0.15, -0.1) is 0 Å². The van der Waals surface area contributed by atoms with E-state index >= 15 is 0 Å². The molecule has 0 aliphatic carbocycles. The van der Waals surface area contributed by atoms with Crippen molar-refractivity contribution in [2.75, 3.05) is 0 Å². The van der Waals surface area contributed by atoms with Gasteiger partial charge in [0.15, 0.2) is 0 Å². The maximum atomic E-state index is 3.59. The van der Waals surface area contributed by atoms with Crippen LogP contribution >= 0.6 is 0 Å². The van der Waals surface area contributed by atoms with Gasteiger partial charge in [-0.05, 0) is 37.8 Å². The summed E-state index contributed by atoms with van der Waals surface area (Å²) in [7, 11) is 0. The molecule has 0 radical (unpaired) electrons. The van der Waals surface area contributed by atoms with Gasteiger partial charge in [0.25, 0.3) is 0 Å². The van der Waals surface area contributed by atoms with Crippen LogP contribution in [0, 0.1) is 6.92 Å². The highest BCUT2D eigenvalue weighted by atomic mass is 14.9. The van der Waals surface area contributed by atoms with Crippen LogP contribution in [0.1, 0.15) is 30.0 Å². The molecule has 0 saturated heterocycles. The average molecular weight is 253 g/mol. The zero-order chi connectivity index (χ0) is 13.5. The van der Waals surface area contributed by atoms with Crippen LogP contribution in [0.3, 0.4) is 0 Å². The van der Waals surface area contributed by atoms with Crippen LogP contribution < -0.4 is 5.32 Å². The molecule has 1 N–H and O–H groups in total. The summed E-state index contributed by atoms with van der Waals surface area (Å²) in [5.74, 6) is 0. The summed E-state index contributed by atoms with van der Waals surface area (Å²) in [5, 5.41) is 3.59. The van der Waals surface area contributed by atoms with Crippen LogP contribution in [-0.2, 0) is 13.0 Å². The lowest BCUT2D eigenvalue weighted by molar-refractivity contribution is 0.514. The predicted molar refractivity (Wildman–Crippen MR) is 82.2 cm³/mol. The van der Waals surface area contributed by atoms with Crippen molar-refractivity contribution in [3.8, 4) is 0 Å². The molecule has 1 heteroatoms. The topological polar surface area (TPSA) is 12.0 Å². The smallest absolute Gasteiger partial charge is 0.0207 e. The molecule has 0 heterocycles. The summed E-state index contributed by atoms with van der Waals surface area (Å²) in [6, 6.07) is 20.0. The third kappa shape index (κ3) is 4.88. The minimum Gasteiger partial charge on any atom is -0.310 e. The molecule has 0 bridgehead atoms. The van der Waals surface area contributed by atoms with E-state index in [4.69, 9.17) is 0 Å². The van der Waals surface area contributed by atoms with Crippen LogP contribution in [0.25, 0.3) is 0 Å². The average Bonchev–Trinajstić information content (AvgIpc) is 2.45. The SMILES string of the molecule is Cc1ccc(CN[C@H](C)CCc2ccccc2)cc1. The van der Waals surface area contributed by atoms with Gasteiger partial charge in [-0.25, -0.2) is 0 Å². The van der Waals surface area contributed by atoms with Crippen molar-refractivity contribution in [3.05, 3.63) is 71.3 Å². The maximum absolute atomic E-state index is 3.59. The monoisotopic (exact) mass is 253 g/mol. The molecule has 0 aromatic heterocycles. The van der Waals surface area contributed by atoms with Crippen molar-refractivity contribution in [3.63, 3.8) is 0 Å². The largest absolute Gasteiger partial charge is 0.310 e. The summed E-state index contributed by atoms with van der Waals surface area (Å²) in [4.78, 5) is 0. The van der Waals surface area contributed by atoms with E-state index in [1.165, 1.54) is 23.1 Å². The lowest BCUT2D eigenvalue weighted by Gasteiger charge is -2.14. The molecule has 2 aromatic rings. The van der Waals surface area contributed by atoms with Crippen molar-refractivity contribution >= 4 is 0 Å². The first-order valence-electron chi connectivity index (χ1n) is 7.07. The zero-order valence-corrected chi connectivity index (χ0v) is 11.9. The highest BCUT2D eigenvalue weighted by Gasteiger charge is 2.02. The number of rotatable bonds is 6. The van der Waals surface area contributed by atoms with Crippen LogP contribution in [0.5, 0.6) is 0 Å². The van der Waals surface area contributed by atoms with Crippen molar-refractivity contribution in [1.29, 1.82) is 0 Å². The number of nitrogens with one attached hydrogen (secondary N) is 1. The standard InChI is InChI=1S/C18H23N/c1-15-8-11-18(12-9-15)14-19-16(2)10-13-17-6-4-3-5-7-17/h3-9,11-12,16,19H,10,13-14H2,1-2H3/t16-/m1/s1. The Hall–Kier alpha value is -1.60. The van der Waals surface area contributed by atoms with Gasteiger partial charge >= 0.3 is 0 Å². The van der Waals surface area contributed by atoms with Crippen molar-refractivity contribution in [2.45, 2.75) is 39.3 Å². The Bertz CT molecular complexity index is 473. The molecule has 0 fully saturated rings. The van der Waals surface area contributed by atoms with E-state index in [9.17, 15) is 0 Å². The molecule has 1 atom stereocenters. The lowest BCUT2D eigenvalue weighted by atomic mass is 10.1. The Morgan fingerprint density at radius 3 is 2.26 bits per heavy atom. The second-order valence-corrected chi connectivity index (χ2v) is 5.29. The summed E-state index contributed by atoms with van der Waals surface area (Å²) < 4.78 is 0. The molecule has 2 rings (SSSR count). The Kier molecular flexibility index (Phi) is 5.17. The van der Waals surface area contributed by atoms with Crippen molar-refractivity contribution < 1.29 is 0 Å². The summed E-state index contributed by atoms with van der Waals surface area (Å²) in [6.45, 7) is 5.34. The Morgan fingerprint density at radius 1 is 0.895 bits per heavy atom. The van der Waals surface area contributed by atoms with Crippen LogP contribution in [-0.4, -0.2) is 6.04 Å². The number of benzene rings is 2.